The number of phenols is 1. The van der Waals surface area contributed by atoms with E-state index in [1.54, 1.807) is 6.92 Å². The summed E-state index contributed by atoms with van der Waals surface area (Å²) in [4.78, 5) is -0.0573. The van der Waals surface area contributed by atoms with E-state index < -0.39 is 16.1 Å². The Balaban J connectivity index is 2.25. The van der Waals surface area contributed by atoms with Crippen LogP contribution in [0.4, 0.5) is 5.69 Å². The number of phenolic OH excluding ortho intramolecular Hbond substituents is 1. The van der Waals surface area contributed by atoms with Crippen molar-refractivity contribution in [2.75, 3.05) is 5.73 Å². The van der Waals surface area contributed by atoms with Gasteiger partial charge >= 0.3 is 0 Å². The third-order valence-corrected chi connectivity index (χ3v) is 3.93. The zero-order valence-electron chi connectivity index (χ0n) is 9.90. The molecule has 1 unspecified atom stereocenters. The molecule has 0 aliphatic heterocycles. The Bertz CT molecular complexity index is 669. The number of anilines is 1. The first kappa shape index (κ1) is 13.2. The monoisotopic (exact) mass is 284 g/mol. The van der Waals surface area contributed by atoms with Crippen molar-refractivity contribution in [1.82, 2.24) is 25.3 Å². The number of benzene rings is 1. The van der Waals surface area contributed by atoms with Gasteiger partial charge in [-0.05, 0) is 25.1 Å². The van der Waals surface area contributed by atoms with Gasteiger partial charge in [0.1, 0.15) is 5.75 Å². The average Bonchev–Trinajstić information content (AvgIpc) is 2.85. The first-order valence-corrected chi connectivity index (χ1v) is 6.72. The highest BCUT2D eigenvalue weighted by atomic mass is 32.2. The molecule has 0 spiro atoms. The molecule has 10 heteroatoms. The molecule has 0 aliphatic carbocycles. The number of aromatic amines is 1. The SMILES string of the molecule is CC(NS(=O)(=O)c1ccc(O)c(N)c1)c1nn[nH]n1. The molecule has 1 aromatic heterocycles. The Labute approximate surface area is 108 Å². The smallest absolute Gasteiger partial charge is 0.241 e. The number of aromatic hydroxyl groups is 1. The number of nitrogens with one attached hydrogen (secondary N) is 2. The maximum absolute atomic E-state index is 12.1. The van der Waals surface area contributed by atoms with E-state index in [-0.39, 0.29) is 22.2 Å². The lowest BCUT2D eigenvalue weighted by Gasteiger charge is -2.11. The van der Waals surface area contributed by atoms with Crippen LogP contribution in [-0.2, 0) is 10.0 Å². The molecule has 0 bridgehead atoms. The van der Waals surface area contributed by atoms with Gasteiger partial charge in [0, 0.05) is 0 Å². The van der Waals surface area contributed by atoms with Crippen LogP contribution >= 0.6 is 0 Å². The first-order valence-electron chi connectivity index (χ1n) is 5.24. The maximum atomic E-state index is 12.1. The van der Waals surface area contributed by atoms with Crippen molar-refractivity contribution in [3.05, 3.63) is 24.0 Å². The van der Waals surface area contributed by atoms with Crippen LogP contribution in [-0.4, -0.2) is 34.1 Å². The molecule has 5 N–H and O–H groups in total. The van der Waals surface area contributed by atoms with E-state index in [2.05, 4.69) is 25.3 Å². The molecule has 2 aromatic rings. The van der Waals surface area contributed by atoms with Crippen molar-refractivity contribution in [3.8, 4) is 5.75 Å². The molecule has 0 fully saturated rings. The van der Waals surface area contributed by atoms with Crippen LogP contribution in [0.1, 0.15) is 18.8 Å². The summed E-state index contributed by atoms with van der Waals surface area (Å²) in [6.07, 6.45) is 0. The second-order valence-corrected chi connectivity index (χ2v) is 5.55. The van der Waals surface area contributed by atoms with Gasteiger partial charge in [0.2, 0.25) is 10.0 Å². The van der Waals surface area contributed by atoms with Gasteiger partial charge in [-0.25, -0.2) is 13.1 Å². The number of aromatic nitrogens is 4. The van der Waals surface area contributed by atoms with Crippen LogP contribution in [0.25, 0.3) is 0 Å². The molecule has 0 aliphatic rings. The lowest BCUT2D eigenvalue weighted by atomic mass is 10.3. The molecule has 0 radical (unpaired) electrons. The number of sulfonamides is 1. The van der Waals surface area contributed by atoms with Gasteiger partial charge in [0.05, 0.1) is 16.6 Å². The minimum atomic E-state index is -3.79. The van der Waals surface area contributed by atoms with Crippen molar-refractivity contribution in [3.63, 3.8) is 0 Å². The van der Waals surface area contributed by atoms with Gasteiger partial charge in [-0.1, -0.05) is 5.21 Å². The van der Waals surface area contributed by atoms with E-state index in [0.717, 1.165) is 0 Å². The van der Waals surface area contributed by atoms with Gasteiger partial charge in [0.25, 0.3) is 0 Å². The zero-order chi connectivity index (χ0) is 14.0. The number of hydrogen-bond donors (Lipinski definition) is 4. The molecular formula is C9H12N6O3S. The Kier molecular flexibility index (Phi) is 3.36. The number of tetrazole rings is 1. The predicted octanol–water partition coefficient (Wildman–Crippen LogP) is -0.473. The summed E-state index contributed by atoms with van der Waals surface area (Å²) in [7, 11) is -3.79. The second kappa shape index (κ2) is 4.82. The molecule has 1 aromatic carbocycles. The Morgan fingerprint density at radius 2 is 2.21 bits per heavy atom. The van der Waals surface area contributed by atoms with Gasteiger partial charge < -0.3 is 10.8 Å². The fourth-order valence-electron chi connectivity index (χ4n) is 1.41. The summed E-state index contributed by atoms with van der Waals surface area (Å²) in [5.74, 6) is 0.0421. The molecule has 1 heterocycles. The summed E-state index contributed by atoms with van der Waals surface area (Å²) in [5.41, 5.74) is 5.44. The highest BCUT2D eigenvalue weighted by Gasteiger charge is 2.21. The van der Waals surface area contributed by atoms with Crippen LogP contribution in [0, 0.1) is 0 Å². The Hall–Kier alpha value is -2.20. The third-order valence-electron chi connectivity index (χ3n) is 2.39. The summed E-state index contributed by atoms with van der Waals surface area (Å²) < 4.78 is 26.5. The van der Waals surface area contributed by atoms with E-state index in [1.807, 2.05) is 0 Å². The van der Waals surface area contributed by atoms with Gasteiger partial charge in [-0.3, -0.25) is 0 Å². The average molecular weight is 284 g/mol. The summed E-state index contributed by atoms with van der Waals surface area (Å²) in [6.45, 7) is 1.58. The fourth-order valence-corrected chi connectivity index (χ4v) is 2.64. The maximum Gasteiger partial charge on any atom is 0.241 e. The van der Waals surface area contributed by atoms with Crippen LogP contribution in [0.15, 0.2) is 23.1 Å². The number of rotatable bonds is 4. The number of H-pyrrole nitrogens is 1. The predicted molar refractivity (Wildman–Crippen MR) is 65.4 cm³/mol. The van der Waals surface area contributed by atoms with Crippen LogP contribution < -0.4 is 10.5 Å². The molecule has 0 saturated carbocycles. The molecule has 102 valence electrons. The van der Waals surface area contributed by atoms with E-state index in [9.17, 15) is 13.5 Å². The normalized spacial score (nSPS) is 13.3. The number of nitrogens with two attached hydrogens (primary N) is 1. The lowest BCUT2D eigenvalue weighted by molar-refractivity contribution is 0.477. The molecule has 0 saturated heterocycles. The van der Waals surface area contributed by atoms with Gasteiger partial charge in [0.15, 0.2) is 5.82 Å². The Morgan fingerprint density at radius 3 is 2.79 bits per heavy atom. The molecule has 0 amide bonds. The third kappa shape index (κ3) is 2.80. The highest BCUT2D eigenvalue weighted by molar-refractivity contribution is 7.89. The molecular weight excluding hydrogens is 272 g/mol. The van der Waals surface area contributed by atoms with Crippen molar-refractivity contribution < 1.29 is 13.5 Å². The zero-order valence-corrected chi connectivity index (χ0v) is 10.7. The van der Waals surface area contributed by atoms with E-state index >= 15 is 0 Å². The quantitative estimate of drug-likeness (QED) is 0.438. The van der Waals surface area contributed by atoms with E-state index in [0.29, 0.717) is 0 Å². The van der Waals surface area contributed by atoms with E-state index in [1.165, 1.54) is 18.2 Å². The first-order chi connectivity index (χ1) is 8.90. The number of nitrogen functional groups attached to an aromatic ring is 1. The van der Waals surface area contributed by atoms with Gasteiger partial charge in [-0.15, -0.1) is 10.2 Å². The Morgan fingerprint density at radius 1 is 1.47 bits per heavy atom. The van der Waals surface area contributed by atoms with Crippen LogP contribution in [0.2, 0.25) is 0 Å². The highest BCUT2D eigenvalue weighted by Crippen LogP contribution is 2.23. The van der Waals surface area contributed by atoms with Crippen LogP contribution in [0.5, 0.6) is 5.75 Å². The molecule has 19 heavy (non-hydrogen) atoms. The van der Waals surface area contributed by atoms with Crippen molar-refractivity contribution >= 4 is 15.7 Å². The summed E-state index contributed by atoms with van der Waals surface area (Å²) in [6, 6.07) is 2.97. The fraction of sp³-hybridized carbons (Fsp3) is 0.222. The lowest BCUT2D eigenvalue weighted by Crippen LogP contribution is -2.27. The standard InChI is InChI=1S/C9H12N6O3S/c1-5(9-11-14-15-12-9)13-19(17,18)6-2-3-8(16)7(10)4-6/h2-5,13,16H,10H2,1H3,(H,11,12,14,15). The topological polar surface area (TPSA) is 147 Å². The molecule has 2 rings (SSSR count). The van der Waals surface area contributed by atoms with E-state index in [4.69, 9.17) is 5.73 Å². The van der Waals surface area contributed by atoms with Gasteiger partial charge in [-0.2, -0.15) is 5.21 Å². The molecule has 9 nitrogen and oxygen atoms in total. The van der Waals surface area contributed by atoms with Crippen molar-refractivity contribution in [2.24, 2.45) is 0 Å². The van der Waals surface area contributed by atoms with Crippen molar-refractivity contribution in [1.29, 1.82) is 0 Å². The van der Waals surface area contributed by atoms with Crippen molar-refractivity contribution in [2.45, 2.75) is 17.9 Å². The largest absolute Gasteiger partial charge is 0.506 e. The van der Waals surface area contributed by atoms with Crippen LogP contribution in [0.3, 0.4) is 0 Å². The summed E-state index contributed by atoms with van der Waals surface area (Å²) >= 11 is 0. The molecule has 1 atom stereocenters. The second-order valence-electron chi connectivity index (χ2n) is 3.83. The minimum absolute atomic E-state index is 0.0184. The minimum Gasteiger partial charge on any atom is -0.506 e. The number of hydrogen-bond acceptors (Lipinski definition) is 7. The number of nitrogens with zero attached hydrogens (tertiary/aromatic N) is 3. The summed E-state index contributed by atoms with van der Waals surface area (Å²) in [5, 5.41) is 22.2.